The first-order valence-electron chi connectivity index (χ1n) is 6.51. The number of aromatic nitrogens is 2. The number of nitrogens with one attached hydrogen (secondary N) is 1. The highest BCUT2D eigenvalue weighted by atomic mass is 35.5. The van der Waals surface area contributed by atoms with Gasteiger partial charge in [0.05, 0.1) is 19.1 Å². The van der Waals surface area contributed by atoms with Gasteiger partial charge in [-0.15, -0.1) is 12.4 Å². The van der Waals surface area contributed by atoms with Gasteiger partial charge in [0.1, 0.15) is 5.75 Å². The number of halogens is 1. The van der Waals surface area contributed by atoms with Crippen LogP contribution in [0, 0.1) is 0 Å². The second-order valence-corrected chi connectivity index (χ2v) is 4.92. The molecule has 1 aromatic heterocycles. The number of fused-ring (bicyclic) bond motifs is 1. The number of imidazole rings is 1. The Morgan fingerprint density at radius 2 is 2.32 bits per heavy atom. The fourth-order valence-corrected chi connectivity index (χ4v) is 2.89. The molecular formula is C15H19ClN2O. The first-order chi connectivity index (χ1) is 8.86. The molecule has 102 valence electrons. The topological polar surface area (TPSA) is 37.9 Å². The van der Waals surface area contributed by atoms with Crippen LogP contribution in [0.25, 0.3) is 0 Å². The summed E-state index contributed by atoms with van der Waals surface area (Å²) in [4.78, 5) is 7.37. The molecule has 0 saturated heterocycles. The van der Waals surface area contributed by atoms with Gasteiger partial charge in [0.15, 0.2) is 0 Å². The minimum Gasteiger partial charge on any atom is -0.497 e. The van der Waals surface area contributed by atoms with E-state index >= 15 is 0 Å². The normalized spacial score (nSPS) is 17.4. The number of hydrogen-bond acceptors (Lipinski definition) is 2. The summed E-state index contributed by atoms with van der Waals surface area (Å²) >= 11 is 0. The Hall–Kier alpha value is -1.48. The monoisotopic (exact) mass is 278 g/mol. The SMILES string of the molecule is COc1ccc2c(c1)CCCC2Cc1c[nH]cn1.Cl. The summed E-state index contributed by atoms with van der Waals surface area (Å²) in [6.45, 7) is 0. The summed E-state index contributed by atoms with van der Waals surface area (Å²) in [5.74, 6) is 1.57. The largest absolute Gasteiger partial charge is 0.497 e. The van der Waals surface area contributed by atoms with Gasteiger partial charge in [-0.05, 0) is 54.9 Å². The number of benzene rings is 1. The van der Waals surface area contributed by atoms with Crippen LogP contribution < -0.4 is 4.74 Å². The third kappa shape index (κ3) is 2.92. The number of methoxy groups -OCH3 is 1. The molecule has 0 aliphatic heterocycles. The molecule has 0 bridgehead atoms. The van der Waals surface area contributed by atoms with Gasteiger partial charge in [-0.1, -0.05) is 6.07 Å². The average Bonchev–Trinajstić information content (AvgIpc) is 2.91. The van der Waals surface area contributed by atoms with E-state index in [1.165, 1.54) is 30.4 Å². The van der Waals surface area contributed by atoms with Crippen molar-refractivity contribution in [1.82, 2.24) is 9.97 Å². The van der Waals surface area contributed by atoms with Crippen molar-refractivity contribution in [2.75, 3.05) is 7.11 Å². The zero-order chi connectivity index (χ0) is 12.4. The predicted octanol–water partition coefficient (Wildman–Crippen LogP) is 3.50. The molecule has 2 aromatic rings. The Morgan fingerprint density at radius 3 is 3.05 bits per heavy atom. The van der Waals surface area contributed by atoms with Crippen LogP contribution in [0.1, 0.15) is 35.6 Å². The standard InChI is InChI=1S/C15H18N2O.ClH/c1-18-14-5-6-15-11(3-2-4-12(15)8-14)7-13-9-16-10-17-13;/h5-6,8-11H,2-4,7H2,1H3,(H,16,17);1H. The van der Waals surface area contributed by atoms with E-state index in [1.54, 1.807) is 13.4 Å². The van der Waals surface area contributed by atoms with Crippen LogP contribution in [0.2, 0.25) is 0 Å². The van der Waals surface area contributed by atoms with E-state index in [0.717, 1.165) is 17.9 Å². The summed E-state index contributed by atoms with van der Waals surface area (Å²) in [7, 11) is 1.73. The van der Waals surface area contributed by atoms with E-state index in [1.807, 2.05) is 6.20 Å². The van der Waals surface area contributed by atoms with E-state index in [0.29, 0.717) is 5.92 Å². The molecule has 0 radical (unpaired) electrons. The van der Waals surface area contributed by atoms with Gasteiger partial charge in [-0.25, -0.2) is 4.98 Å². The van der Waals surface area contributed by atoms with Crippen LogP contribution in [0.5, 0.6) is 5.75 Å². The minimum atomic E-state index is 0. The smallest absolute Gasteiger partial charge is 0.119 e. The maximum Gasteiger partial charge on any atom is 0.119 e. The van der Waals surface area contributed by atoms with E-state index in [2.05, 4.69) is 28.2 Å². The van der Waals surface area contributed by atoms with Gasteiger partial charge in [-0.3, -0.25) is 0 Å². The minimum absolute atomic E-state index is 0. The number of H-pyrrole nitrogens is 1. The zero-order valence-electron chi connectivity index (χ0n) is 11.1. The number of ether oxygens (including phenoxy) is 1. The number of hydrogen-bond donors (Lipinski definition) is 1. The maximum absolute atomic E-state index is 5.30. The highest BCUT2D eigenvalue weighted by molar-refractivity contribution is 5.85. The quantitative estimate of drug-likeness (QED) is 0.933. The molecule has 1 aliphatic carbocycles. The van der Waals surface area contributed by atoms with E-state index in [9.17, 15) is 0 Å². The van der Waals surface area contributed by atoms with Crippen LogP contribution in [-0.4, -0.2) is 17.1 Å². The summed E-state index contributed by atoms with van der Waals surface area (Å²) in [5, 5.41) is 0. The lowest BCUT2D eigenvalue weighted by atomic mass is 9.80. The van der Waals surface area contributed by atoms with Crippen LogP contribution in [0.4, 0.5) is 0 Å². The number of rotatable bonds is 3. The predicted molar refractivity (Wildman–Crippen MR) is 78.2 cm³/mol. The Balaban J connectivity index is 0.00000133. The molecule has 0 spiro atoms. The molecular weight excluding hydrogens is 260 g/mol. The molecule has 1 N–H and O–H groups in total. The molecule has 1 heterocycles. The highest BCUT2D eigenvalue weighted by Gasteiger charge is 2.21. The number of nitrogens with zero attached hydrogens (tertiary/aromatic N) is 1. The van der Waals surface area contributed by atoms with Crippen molar-refractivity contribution in [3.8, 4) is 5.75 Å². The van der Waals surface area contributed by atoms with Crippen molar-refractivity contribution in [3.05, 3.63) is 47.5 Å². The first kappa shape index (κ1) is 13.9. The van der Waals surface area contributed by atoms with Gasteiger partial charge in [0.2, 0.25) is 0 Å². The van der Waals surface area contributed by atoms with Crippen molar-refractivity contribution in [1.29, 1.82) is 0 Å². The molecule has 1 unspecified atom stereocenters. The lowest BCUT2D eigenvalue weighted by Gasteiger charge is -2.25. The van der Waals surface area contributed by atoms with Crippen molar-refractivity contribution in [2.24, 2.45) is 0 Å². The second kappa shape index (κ2) is 6.11. The van der Waals surface area contributed by atoms with Crippen molar-refractivity contribution in [3.63, 3.8) is 0 Å². The molecule has 1 atom stereocenters. The third-order valence-electron chi connectivity index (χ3n) is 3.80. The summed E-state index contributed by atoms with van der Waals surface area (Å²) in [6.07, 6.45) is 8.47. The average molecular weight is 279 g/mol. The third-order valence-corrected chi connectivity index (χ3v) is 3.80. The molecule has 0 fully saturated rings. The van der Waals surface area contributed by atoms with Gasteiger partial charge in [0.25, 0.3) is 0 Å². The zero-order valence-corrected chi connectivity index (χ0v) is 11.9. The lowest BCUT2D eigenvalue weighted by molar-refractivity contribution is 0.413. The maximum atomic E-state index is 5.30. The van der Waals surface area contributed by atoms with Crippen molar-refractivity contribution >= 4 is 12.4 Å². The van der Waals surface area contributed by atoms with Gasteiger partial charge in [0, 0.05) is 6.20 Å². The molecule has 4 heteroatoms. The van der Waals surface area contributed by atoms with Crippen LogP contribution in [-0.2, 0) is 12.8 Å². The molecule has 19 heavy (non-hydrogen) atoms. The van der Waals surface area contributed by atoms with Crippen LogP contribution >= 0.6 is 12.4 Å². The Bertz CT molecular complexity index is 525. The summed E-state index contributed by atoms with van der Waals surface area (Å²) in [5.41, 5.74) is 4.08. The molecule has 1 aromatic carbocycles. The van der Waals surface area contributed by atoms with Crippen LogP contribution in [0.3, 0.4) is 0 Å². The summed E-state index contributed by atoms with van der Waals surface area (Å²) in [6, 6.07) is 6.48. The van der Waals surface area contributed by atoms with E-state index in [4.69, 9.17) is 4.74 Å². The first-order valence-corrected chi connectivity index (χ1v) is 6.51. The van der Waals surface area contributed by atoms with Crippen molar-refractivity contribution in [2.45, 2.75) is 31.6 Å². The van der Waals surface area contributed by atoms with Crippen molar-refractivity contribution < 1.29 is 4.74 Å². The van der Waals surface area contributed by atoms with Gasteiger partial charge in [-0.2, -0.15) is 0 Å². The lowest BCUT2D eigenvalue weighted by Crippen LogP contribution is -2.12. The van der Waals surface area contributed by atoms with Gasteiger partial charge < -0.3 is 9.72 Å². The Morgan fingerprint density at radius 1 is 1.42 bits per heavy atom. The molecule has 3 rings (SSSR count). The van der Waals surface area contributed by atoms with Crippen LogP contribution in [0.15, 0.2) is 30.7 Å². The molecule has 1 aliphatic rings. The molecule has 3 nitrogen and oxygen atoms in total. The molecule has 0 saturated carbocycles. The second-order valence-electron chi connectivity index (χ2n) is 4.92. The summed E-state index contributed by atoms with van der Waals surface area (Å²) < 4.78 is 5.30. The Kier molecular flexibility index (Phi) is 4.48. The van der Waals surface area contributed by atoms with E-state index in [-0.39, 0.29) is 12.4 Å². The fraction of sp³-hybridized carbons (Fsp3) is 0.400. The van der Waals surface area contributed by atoms with E-state index < -0.39 is 0 Å². The molecule has 0 amide bonds. The van der Waals surface area contributed by atoms with Gasteiger partial charge >= 0.3 is 0 Å². The number of aromatic amines is 1. The fourth-order valence-electron chi connectivity index (χ4n) is 2.89. The highest BCUT2D eigenvalue weighted by Crippen LogP contribution is 2.35. The Labute approximate surface area is 119 Å². The number of aryl methyl sites for hydroxylation is 1.